The predicted octanol–water partition coefficient (Wildman–Crippen LogP) is 3.47. The van der Waals surface area contributed by atoms with Crippen molar-refractivity contribution in [2.75, 3.05) is 0 Å². The first kappa shape index (κ1) is 13.5. The van der Waals surface area contributed by atoms with Crippen molar-refractivity contribution in [1.82, 2.24) is 0 Å². The van der Waals surface area contributed by atoms with Gasteiger partial charge in [0.15, 0.2) is 11.6 Å². The SMILES string of the molecule is C[C@]1(Cc2ccccc2)C(=O)C=C(c2ccccc2)C1=O. The fourth-order valence-electron chi connectivity index (χ4n) is 2.77. The van der Waals surface area contributed by atoms with Crippen molar-refractivity contribution in [3.8, 4) is 0 Å². The second-order valence-corrected chi connectivity index (χ2v) is 5.61. The van der Waals surface area contributed by atoms with E-state index in [1.54, 1.807) is 6.92 Å². The largest absolute Gasteiger partial charge is 0.294 e. The van der Waals surface area contributed by atoms with E-state index in [1.165, 1.54) is 6.08 Å². The molecule has 2 heteroatoms. The van der Waals surface area contributed by atoms with Crippen molar-refractivity contribution in [3.05, 3.63) is 77.9 Å². The zero-order chi connectivity index (χ0) is 14.9. The predicted molar refractivity (Wildman–Crippen MR) is 82.7 cm³/mol. The van der Waals surface area contributed by atoms with Crippen LogP contribution in [-0.2, 0) is 16.0 Å². The maximum Gasteiger partial charge on any atom is 0.177 e. The van der Waals surface area contributed by atoms with Crippen molar-refractivity contribution >= 4 is 17.1 Å². The Bertz CT molecular complexity index is 714. The number of Topliss-reactive ketones (excluding diaryl/α,β-unsaturated/α-hetero) is 1. The molecule has 3 rings (SSSR count). The Morgan fingerprint density at radius 1 is 0.857 bits per heavy atom. The first-order chi connectivity index (χ1) is 10.1. The topological polar surface area (TPSA) is 34.1 Å². The van der Waals surface area contributed by atoms with Crippen molar-refractivity contribution in [1.29, 1.82) is 0 Å². The van der Waals surface area contributed by atoms with Gasteiger partial charge < -0.3 is 0 Å². The molecule has 104 valence electrons. The molecule has 1 aliphatic rings. The molecule has 0 aliphatic heterocycles. The number of rotatable bonds is 3. The van der Waals surface area contributed by atoms with Crippen molar-refractivity contribution in [3.63, 3.8) is 0 Å². The highest BCUT2D eigenvalue weighted by atomic mass is 16.2. The summed E-state index contributed by atoms with van der Waals surface area (Å²) in [7, 11) is 0. The number of benzene rings is 2. The average Bonchev–Trinajstić information content (AvgIpc) is 2.73. The number of hydrogen-bond donors (Lipinski definition) is 0. The third kappa shape index (κ3) is 2.33. The smallest absolute Gasteiger partial charge is 0.177 e. The fraction of sp³-hybridized carbons (Fsp3) is 0.158. The molecular weight excluding hydrogens is 260 g/mol. The van der Waals surface area contributed by atoms with Crippen LogP contribution in [0.1, 0.15) is 18.1 Å². The summed E-state index contributed by atoms with van der Waals surface area (Å²) in [6, 6.07) is 19.1. The van der Waals surface area contributed by atoms with Crippen molar-refractivity contribution in [2.24, 2.45) is 5.41 Å². The van der Waals surface area contributed by atoms with Crippen LogP contribution >= 0.6 is 0 Å². The molecule has 0 unspecified atom stereocenters. The molecule has 2 nitrogen and oxygen atoms in total. The number of allylic oxidation sites excluding steroid dienone is 2. The van der Waals surface area contributed by atoms with Gasteiger partial charge in [0.1, 0.15) is 0 Å². The van der Waals surface area contributed by atoms with Gasteiger partial charge in [0, 0.05) is 5.57 Å². The van der Waals surface area contributed by atoms with E-state index in [0.717, 1.165) is 11.1 Å². The van der Waals surface area contributed by atoms with E-state index in [0.29, 0.717) is 12.0 Å². The van der Waals surface area contributed by atoms with E-state index in [4.69, 9.17) is 0 Å². The molecule has 21 heavy (non-hydrogen) atoms. The minimum Gasteiger partial charge on any atom is -0.294 e. The molecule has 0 bridgehead atoms. The number of ketones is 2. The van der Waals surface area contributed by atoms with Gasteiger partial charge in [-0.1, -0.05) is 60.7 Å². The Balaban J connectivity index is 1.93. The Hall–Kier alpha value is -2.48. The van der Waals surface area contributed by atoms with Crippen LogP contribution in [0.3, 0.4) is 0 Å². The second-order valence-electron chi connectivity index (χ2n) is 5.61. The zero-order valence-electron chi connectivity index (χ0n) is 11.9. The summed E-state index contributed by atoms with van der Waals surface area (Å²) < 4.78 is 0. The van der Waals surface area contributed by atoms with Crippen LogP contribution in [0.15, 0.2) is 66.7 Å². The summed E-state index contributed by atoms with van der Waals surface area (Å²) in [5, 5.41) is 0. The standard InChI is InChI=1S/C19H16O2/c1-19(13-14-8-4-2-5-9-14)17(20)12-16(18(19)21)15-10-6-3-7-11-15/h2-12H,13H2,1H3/t19-/m0/s1. The molecule has 0 aromatic heterocycles. The first-order valence-corrected chi connectivity index (χ1v) is 7.01. The van der Waals surface area contributed by atoms with E-state index >= 15 is 0 Å². The average molecular weight is 276 g/mol. The van der Waals surface area contributed by atoms with Crippen LogP contribution in [0.4, 0.5) is 0 Å². The lowest BCUT2D eigenvalue weighted by Gasteiger charge is -2.21. The summed E-state index contributed by atoms with van der Waals surface area (Å²) >= 11 is 0. The van der Waals surface area contributed by atoms with Gasteiger partial charge in [-0.2, -0.15) is 0 Å². The van der Waals surface area contributed by atoms with E-state index < -0.39 is 5.41 Å². The zero-order valence-corrected chi connectivity index (χ0v) is 11.9. The summed E-state index contributed by atoms with van der Waals surface area (Å²) in [5.41, 5.74) is 1.36. The lowest BCUT2D eigenvalue weighted by Crippen LogP contribution is -2.33. The summed E-state index contributed by atoms with van der Waals surface area (Å²) in [6.07, 6.45) is 1.94. The Labute approximate surface area is 124 Å². The normalized spacial score (nSPS) is 21.5. The molecule has 2 aromatic carbocycles. The molecule has 1 atom stereocenters. The molecule has 0 saturated carbocycles. The molecule has 0 fully saturated rings. The van der Waals surface area contributed by atoms with Gasteiger partial charge in [-0.15, -0.1) is 0 Å². The lowest BCUT2D eigenvalue weighted by molar-refractivity contribution is -0.131. The van der Waals surface area contributed by atoms with Gasteiger partial charge in [0.2, 0.25) is 0 Å². The third-order valence-electron chi connectivity index (χ3n) is 4.05. The van der Waals surface area contributed by atoms with Gasteiger partial charge in [-0.3, -0.25) is 9.59 Å². The molecule has 0 amide bonds. The summed E-state index contributed by atoms with van der Waals surface area (Å²) in [6.45, 7) is 1.75. The van der Waals surface area contributed by atoms with Crippen LogP contribution in [0.2, 0.25) is 0 Å². The molecule has 0 N–H and O–H groups in total. The van der Waals surface area contributed by atoms with E-state index in [1.807, 2.05) is 60.7 Å². The van der Waals surface area contributed by atoms with Crippen LogP contribution in [-0.4, -0.2) is 11.6 Å². The van der Waals surface area contributed by atoms with Gasteiger partial charge in [-0.05, 0) is 30.5 Å². The summed E-state index contributed by atoms with van der Waals surface area (Å²) in [5.74, 6) is -0.183. The maximum absolute atomic E-state index is 12.8. The Kier molecular flexibility index (Phi) is 3.30. The van der Waals surface area contributed by atoms with E-state index in [9.17, 15) is 9.59 Å². The molecule has 0 heterocycles. The molecular formula is C19H16O2. The Morgan fingerprint density at radius 2 is 1.43 bits per heavy atom. The molecule has 0 spiro atoms. The van der Waals surface area contributed by atoms with Gasteiger partial charge >= 0.3 is 0 Å². The molecule has 0 saturated heterocycles. The third-order valence-corrected chi connectivity index (χ3v) is 4.05. The highest BCUT2D eigenvalue weighted by Crippen LogP contribution is 2.38. The minimum atomic E-state index is -0.980. The van der Waals surface area contributed by atoms with Gasteiger partial charge in [0.05, 0.1) is 5.41 Å². The molecule has 1 aliphatic carbocycles. The molecule has 2 aromatic rings. The molecule has 0 radical (unpaired) electrons. The van der Waals surface area contributed by atoms with Crippen LogP contribution in [0.5, 0.6) is 0 Å². The minimum absolute atomic E-state index is 0.0810. The Morgan fingerprint density at radius 3 is 2.05 bits per heavy atom. The quantitative estimate of drug-likeness (QED) is 0.804. The van der Waals surface area contributed by atoms with Crippen LogP contribution < -0.4 is 0 Å². The highest BCUT2D eigenvalue weighted by molar-refractivity contribution is 6.39. The second kappa shape index (κ2) is 5.13. The maximum atomic E-state index is 12.8. The van der Waals surface area contributed by atoms with E-state index in [-0.39, 0.29) is 11.6 Å². The highest BCUT2D eigenvalue weighted by Gasteiger charge is 2.46. The first-order valence-electron chi connectivity index (χ1n) is 7.01. The van der Waals surface area contributed by atoms with Gasteiger partial charge in [-0.25, -0.2) is 0 Å². The fourth-order valence-corrected chi connectivity index (χ4v) is 2.77. The van der Waals surface area contributed by atoms with E-state index in [2.05, 4.69) is 0 Å². The van der Waals surface area contributed by atoms with Crippen molar-refractivity contribution < 1.29 is 9.59 Å². The lowest BCUT2D eigenvalue weighted by atomic mass is 9.78. The van der Waals surface area contributed by atoms with Crippen LogP contribution in [0.25, 0.3) is 5.57 Å². The monoisotopic (exact) mass is 276 g/mol. The van der Waals surface area contributed by atoms with Crippen molar-refractivity contribution in [2.45, 2.75) is 13.3 Å². The number of carbonyl (C=O) groups is 2. The number of hydrogen-bond acceptors (Lipinski definition) is 2. The summed E-state index contributed by atoms with van der Waals surface area (Å²) in [4.78, 5) is 25.2. The van der Waals surface area contributed by atoms with Crippen LogP contribution in [0, 0.1) is 5.41 Å². The van der Waals surface area contributed by atoms with Gasteiger partial charge in [0.25, 0.3) is 0 Å². The number of carbonyl (C=O) groups excluding carboxylic acids is 2.